The maximum absolute atomic E-state index is 11.2. The number of carbonyl (C=O) groups is 1. The lowest BCUT2D eigenvalue weighted by atomic mass is 10.4. The van der Waals surface area contributed by atoms with Gasteiger partial charge in [-0.25, -0.2) is 9.78 Å². The fourth-order valence-electron chi connectivity index (χ4n) is 1.18. The van der Waals surface area contributed by atoms with Crippen LogP contribution in [0.3, 0.4) is 0 Å². The van der Waals surface area contributed by atoms with Crippen molar-refractivity contribution in [2.45, 2.75) is 6.42 Å². The monoisotopic (exact) mass is 244 g/mol. The minimum absolute atomic E-state index is 0.339. The molecule has 0 aliphatic heterocycles. The summed E-state index contributed by atoms with van der Waals surface area (Å²) in [5.41, 5.74) is 0. The lowest BCUT2D eigenvalue weighted by Crippen LogP contribution is -2.19. The average molecular weight is 244 g/mol. The number of hydrogen-bond acceptors (Lipinski definition) is 6. The molecule has 0 fully saturated rings. The van der Waals surface area contributed by atoms with E-state index in [1.54, 1.807) is 13.3 Å². The molecule has 0 atom stereocenters. The van der Waals surface area contributed by atoms with E-state index in [2.05, 4.69) is 9.72 Å². The van der Waals surface area contributed by atoms with Gasteiger partial charge in [-0.2, -0.15) is 0 Å². The molecule has 0 radical (unpaired) electrons. The Morgan fingerprint density at radius 1 is 1.56 bits per heavy atom. The second-order valence-electron chi connectivity index (χ2n) is 3.27. The minimum atomic E-state index is -0.339. The van der Waals surface area contributed by atoms with E-state index in [4.69, 9.17) is 4.74 Å². The lowest BCUT2D eigenvalue weighted by molar-refractivity contribution is 0.0606. The van der Waals surface area contributed by atoms with Crippen LogP contribution in [0.4, 0.5) is 5.13 Å². The van der Waals surface area contributed by atoms with Crippen molar-refractivity contribution in [3.63, 3.8) is 0 Å². The Morgan fingerprint density at radius 3 is 2.94 bits per heavy atom. The second-order valence-corrected chi connectivity index (χ2v) is 4.28. The van der Waals surface area contributed by atoms with Crippen LogP contribution in [0.1, 0.15) is 16.1 Å². The van der Waals surface area contributed by atoms with Gasteiger partial charge in [-0.1, -0.05) is 11.3 Å². The van der Waals surface area contributed by atoms with E-state index in [1.165, 1.54) is 18.4 Å². The molecule has 1 heterocycles. The normalized spacial score (nSPS) is 10.2. The highest BCUT2D eigenvalue weighted by atomic mass is 32.1. The van der Waals surface area contributed by atoms with Crippen LogP contribution in [0.25, 0.3) is 0 Å². The maximum atomic E-state index is 11.2. The van der Waals surface area contributed by atoms with Gasteiger partial charge in [-0.15, -0.1) is 0 Å². The van der Waals surface area contributed by atoms with Gasteiger partial charge in [0.15, 0.2) is 5.13 Å². The van der Waals surface area contributed by atoms with E-state index < -0.39 is 0 Å². The zero-order chi connectivity index (χ0) is 12.0. The summed E-state index contributed by atoms with van der Waals surface area (Å²) in [4.78, 5) is 17.9. The van der Waals surface area contributed by atoms with Crippen molar-refractivity contribution >= 4 is 22.4 Å². The first kappa shape index (κ1) is 12.9. The highest BCUT2D eigenvalue weighted by Gasteiger charge is 2.12. The summed E-state index contributed by atoms with van der Waals surface area (Å²) in [5, 5.41) is 0.816. The predicted octanol–water partition coefficient (Wildman–Crippen LogP) is 1.40. The van der Waals surface area contributed by atoms with E-state index in [0.717, 1.165) is 24.7 Å². The third-order valence-corrected chi connectivity index (χ3v) is 3.14. The van der Waals surface area contributed by atoms with Crippen LogP contribution in [0.2, 0.25) is 0 Å². The van der Waals surface area contributed by atoms with Crippen LogP contribution < -0.4 is 4.90 Å². The molecule has 0 amide bonds. The van der Waals surface area contributed by atoms with Gasteiger partial charge in [0.2, 0.25) is 0 Å². The van der Waals surface area contributed by atoms with Gasteiger partial charge in [0.25, 0.3) is 0 Å². The van der Waals surface area contributed by atoms with Crippen LogP contribution >= 0.6 is 11.3 Å². The van der Waals surface area contributed by atoms with Crippen LogP contribution in [0, 0.1) is 0 Å². The van der Waals surface area contributed by atoms with Crippen LogP contribution in [0.5, 0.6) is 0 Å². The Balaban J connectivity index is 2.52. The number of esters is 1. The van der Waals surface area contributed by atoms with E-state index in [-0.39, 0.29) is 5.97 Å². The quantitative estimate of drug-likeness (QED) is 0.559. The Labute approximate surface area is 99.0 Å². The maximum Gasteiger partial charge on any atom is 0.349 e. The molecule has 16 heavy (non-hydrogen) atoms. The van der Waals surface area contributed by atoms with Crippen molar-refractivity contribution in [1.29, 1.82) is 0 Å². The van der Waals surface area contributed by atoms with E-state index >= 15 is 0 Å². The molecule has 0 bridgehead atoms. The third-order valence-electron chi connectivity index (χ3n) is 2.05. The highest BCUT2D eigenvalue weighted by Crippen LogP contribution is 2.21. The molecule has 1 aromatic heterocycles. The molecule has 0 saturated carbocycles. The largest absolute Gasteiger partial charge is 0.465 e. The second kappa shape index (κ2) is 6.44. The molecule has 0 unspecified atom stereocenters. The van der Waals surface area contributed by atoms with Crippen molar-refractivity contribution in [2.24, 2.45) is 0 Å². The van der Waals surface area contributed by atoms with Crippen LogP contribution in [0.15, 0.2) is 6.20 Å². The standard InChI is InChI=1S/C10H16N2O3S/c1-12(5-4-6-14-2)10-11-7-8(16-10)9(13)15-3/h7H,4-6H2,1-3H3. The smallest absolute Gasteiger partial charge is 0.349 e. The van der Waals surface area contributed by atoms with Crippen LogP contribution in [-0.2, 0) is 9.47 Å². The minimum Gasteiger partial charge on any atom is -0.465 e. The Morgan fingerprint density at radius 2 is 2.31 bits per heavy atom. The summed E-state index contributed by atoms with van der Waals surface area (Å²) in [6.45, 7) is 1.57. The molecule has 0 saturated heterocycles. The molecule has 5 nitrogen and oxygen atoms in total. The van der Waals surface area contributed by atoms with Crippen molar-refractivity contribution in [1.82, 2.24) is 4.98 Å². The number of thiazole rings is 1. The number of aromatic nitrogens is 1. The highest BCUT2D eigenvalue weighted by molar-refractivity contribution is 7.17. The number of carbonyl (C=O) groups excluding carboxylic acids is 1. The van der Waals surface area contributed by atoms with E-state index in [9.17, 15) is 4.79 Å². The Bertz CT molecular complexity index is 341. The first-order chi connectivity index (χ1) is 7.69. The first-order valence-electron chi connectivity index (χ1n) is 4.93. The lowest BCUT2D eigenvalue weighted by Gasteiger charge is -2.14. The number of rotatable bonds is 6. The van der Waals surface area contributed by atoms with Crippen molar-refractivity contribution in [3.8, 4) is 0 Å². The van der Waals surface area contributed by atoms with Gasteiger partial charge in [0.1, 0.15) is 4.88 Å². The third kappa shape index (κ3) is 3.46. The van der Waals surface area contributed by atoms with Crippen LogP contribution in [-0.4, -0.2) is 45.4 Å². The number of nitrogens with zero attached hydrogens (tertiary/aromatic N) is 2. The summed E-state index contributed by atoms with van der Waals surface area (Å²) in [7, 11) is 4.98. The van der Waals surface area contributed by atoms with Gasteiger partial charge in [-0.3, -0.25) is 0 Å². The van der Waals surface area contributed by atoms with Gasteiger partial charge in [-0.05, 0) is 6.42 Å². The van der Waals surface area contributed by atoms with Crippen molar-refractivity contribution in [3.05, 3.63) is 11.1 Å². The molecule has 0 N–H and O–H groups in total. The summed E-state index contributed by atoms with van der Waals surface area (Å²) in [6, 6.07) is 0. The fraction of sp³-hybridized carbons (Fsp3) is 0.600. The number of anilines is 1. The number of methoxy groups -OCH3 is 2. The van der Waals surface area contributed by atoms with Gasteiger partial charge < -0.3 is 14.4 Å². The summed E-state index contributed by atoms with van der Waals surface area (Å²) in [6.07, 6.45) is 2.47. The predicted molar refractivity (Wildman–Crippen MR) is 63.2 cm³/mol. The molecule has 90 valence electrons. The van der Waals surface area contributed by atoms with E-state index in [0.29, 0.717) is 4.88 Å². The first-order valence-corrected chi connectivity index (χ1v) is 5.75. The average Bonchev–Trinajstić information content (AvgIpc) is 2.77. The molecular weight excluding hydrogens is 228 g/mol. The topological polar surface area (TPSA) is 51.7 Å². The molecule has 1 rings (SSSR count). The Hall–Kier alpha value is -1.14. The molecule has 1 aromatic rings. The molecule has 0 aliphatic rings. The zero-order valence-electron chi connectivity index (χ0n) is 9.73. The SMILES string of the molecule is COCCCN(C)c1ncc(C(=O)OC)s1. The summed E-state index contributed by atoms with van der Waals surface area (Å²) < 4.78 is 9.59. The van der Waals surface area contributed by atoms with Crippen molar-refractivity contribution < 1.29 is 14.3 Å². The molecular formula is C10H16N2O3S. The molecule has 0 spiro atoms. The number of ether oxygens (including phenoxy) is 2. The molecule has 0 aromatic carbocycles. The zero-order valence-corrected chi connectivity index (χ0v) is 10.5. The van der Waals surface area contributed by atoms with Gasteiger partial charge >= 0.3 is 5.97 Å². The Kier molecular flexibility index (Phi) is 5.21. The fourth-order valence-corrected chi connectivity index (χ4v) is 2.00. The summed E-state index contributed by atoms with van der Waals surface area (Å²) in [5.74, 6) is -0.339. The van der Waals surface area contributed by atoms with Gasteiger partial charge in [0.05, 0.1) is 13.3 Å². The van der Waals surface area contributed by atoms with Crippen molar-refractivity contribution in [2.75, 3.05) is 39.3 Å². The molecule has 6 heteroatoms. The molecule has 0 aliphatic carbocycles. The van der Waals surface area contributed by atoms with Gasteiger partial charge in [0, 0.05) is 27.3 Å². The number of hydrogen-bond donors (Lipinski definition) is 0. The summed E-state index contributed by atoms with van der Waals surface area (Å²) >= 11 is 1.33. The van der Waals surface area contributed by atoms with E-state index in [1.807, 2.05) is 11.9 Å².